The number of pyridine rings is 1. The third kappa shape index (κ3) is 4.68. The topological polar surface area (TPSA) is 60.2 Å². The third-order valence-electron chi connectivity index (χ3n) is 3.49. The summed E-state index contributed by atoms with van der Waals surface area (Å²) in [5.74, 6) is -1.27. The number of ether oxygens (including phenoxy) is 1. The fraction of sp³-hybridized carbons (Fsp3) is 0.643. The van der Waals surface area contributed by atoms with Gasteiger partial charge in [-0.25, -0.2) is 13.8 Å². The average molecular weight is 285 g/mol. The Bertz CT molecular complexity index is 423. The van der Waals surface area contributed by atoms with Crippen LogP contribution in [0.25, 0.3) is 0 Å². The molecule has 0 radical (unpaired) electrons. The number of hydrogen-bond donors (Lipinski definition) is 2. The van der Waals surface area contributed by atoms with Gasteiger partial charge in [0.1, 0.15) is 5.82 Å². The number of nitrogens with one attached hydrogen (secondary N) is 1. The molecule has 0 amide bonds. The number of aromatic nitrogens is 1. The van der Waals surface area contributed by atoms with Gasteiger partial charge in [-0.15, -0.1) is 0 Å². The first-order valence-corrected chi connectivity index (χ1v) is 7.07. The summed E-state index contributed by atoms with van der Waals surface area (Å²) >= 11 is 0. The van der Waals surface area contributed by atoms with Gasteiger partial charge in [-0.1, -0.05) is 0 Å². The molecule has 2 rings (SSSR count). The Kier molecular flexibility index (Phi) is 5.67. The molecule has 3 N–H and O–H groups in total. The highest BCUT2D eigenvalue weighted by Gasteiger charge is 2.18. The minimum absolute atomic E-state index is 0.0787. The lowest BCUT2D eigenvalue weighted by molar-refractivity contribution is 0.0251. The molecule has 0 aromatic carbocycles. The predicted molar refractivity (Wildman–Crippen MR) is 73.4 cm³/mol. The van der Waals surface area contributed by atoms with E-state index in [4.69, 9.17) is 10.5 Å². The van der Waals surface area contributed by atoms with E-state index in [1.54, 1.807) is 0 Å². The first-order chi connectivity index (χ1) is 9.65. The first-order valence-electron chi connectivity index (χ1n) is 7.07. The van der Waals surface area contributed by atoms with Crippen LogP contribution in [0.5, 0.6) is 0 Å². The van der Waals surface area contributed by atoms with Crippen LogP contribution in [0.15, 0.2) is 12.3 Å². The Balaban J connectivity index is 1.59. The zero-order chi connectivity index (χ0) is 14.4. The van der Waals surface area contributed by atoms with Gasteiger partial charge < -0.3 is 15.8 Å². The highest BCUT2D eigenvalue weighted by molar-refractivity contribution is 5.35. The second-order valence-electron chi connectivity index (χ2n) is 5.17. The van der Waals surface area contributed by atoms with E-state index in [9.17, 15) is 8.78 Å². The zero-order valence-electron chi connectivity index (χ0n) is 11.4. The Morgan fingerprint density at radius 2 is 2.05 bits per heavy atom. The molecule has 0 saturated heterocycles. The van der Waals surface area contributed by atoms with Crippen molar-refractivity contribution in [1.29, 1.82) is 0 Å². The van der Waals surface area contributed by atoms with Gasteiger partial charge >= 0.3 is 0 Å². The van der Waals surface area contributed by atoms with Crippen LogP contribution in [0.2, 0.25) is 0 Å². The normalized spacial score (nSPS) is 22.8. The molecule has 0 spiro atoms. The molecule has 6 heteroatoms. The molecule has 0 unspecified atom stereocenters. The number of rotatable bonds is 6. The van der Waals surface area contributed by atoms with Crippen LogP contribution in [-0.4, -0.2) is 30.3 Å². The Morgan fingerprint density at radius 1 is 1.30 bits per heavy atom. The number of anilines is 1. The fourth-order valence-electron chi connectivity index (χ4n) is 2.33. The molecule has 0 aliphatic heterocycles. The summed E-state index contributed by atoms with van der Waals surface area (Å²) in [6, 6.07) is 1.14. The lowest BCUT2D eigenvalue weighted by atomic mass is 9.94. The maximum Gasteiger partial charge on any atom is 0.168 e. The van der Waals surface area contributed by atoms with Crippen molar-refractivity contribution in [3.63, 3.8) is 0 Å². The van der Waals surface area contributed by atoms with E-state index >= 15 is 0 Å². The van der Waals surface area contributed by atoms with Gasteiger partial charge in [0.25, 0.3) is 0 Å². The number of nitrogens with two attached hydrogens (primary N) is 1. The molecule has 1 aromatic heterocycles. The van der Waals surface area contributed by atoms with Gasteiger partial charge in [0, 0.05) is 25.3 Å². The molecule has 1 aromatic rings. The average Bonchev–Trinajstić information content (AvgIpc) is 2.42. The molecule has 0 atom stereocenters. The number of nitrogens with zero attached hydrogens (tertiary/aromatic N) is 1. The smallest absolute Gasteiger partial charge is 0.168 e. The van der Waals surface area contributed by atoms with Crippen molar-refractivity contribution in [2.24, 2.45) is 5.73 Å². The van der Waals surface area contributed by atoms with E-state index < -0.39 is 11.6 Å². The third-order valence-corrected chi connectivity index (χ3v) is 3.49. The van der Waals surface area contributed by atoms with E-state index in [0.29, 0.717) is 25.3 Å². The lowest BCUT2D eigenvalue weighted by Crippen LogP contribution is -2.30. The monoisotopic (exact) mass is 285 g/mol. The van der Waals surface area contributed by atoms with Gasteiger partial charge in [-0.05, 0) is 32.1 Å². The van der Waals surface area contributed by atoms with Gasteiger partial charge in [-0.3, -0.25) is 0 Å². The summed E-state index contributed by atoms with van der Waals surface area (Å²) in [6.07, 6.45) is 6.12. The zero-order valence-corrected chi connectivity index (χ0v) is 11.4. The van der Waals surface area contributed by atoms with E-state index in [2.05, 4.69) is 10.3 Å². The van der Waals surface area contributed by atoms with Crippen LogP contribution >= 0.6 is 0 Å². The quantitative estimate of drug-likeness (QED) is 0.788. The summed E-state index contributed by atoms with van der Waals surface area (Å²) in [4.78, 5) is 3.66. The largest absolute Gasteiger partial charge is 0.378 e. The maximum absolute atomic E-state index is 13.3. The van der Waals surface area contributed by atoms with Crippen molar-refractivity contribution >= 4 is 5.82 Å². The summed E-state index contributed by atoms with van der Waals surface area (Å²) < 4.78 is 31.7. The minimum atomic E-state index is -0.674. The van der Waals surface area contributed by atoms with Gasteiger partial charge in [0.05, 0.1) is 12.3 Å². The van der Waals surface area contributed by atoms with Crippen LogP contribution in [-0.2, 0) is 4.74 Å². The number of halogens is 2. The van der Waals surface area contributed by atoms with E-state index in [-0.39, 0.29) is 5.82 Å². The Labute approximate surface area is 117 Å². The molecule has 0 bridgehead atoms. The highest BCUT2D eigenvalue weighted by atomic mass is 19.1. The van der Waals surface area contributed by atoms with Crippen molar-refractivity contribution in [3.05, 3.63) is 23.9 Å². The molecule has 112 valence electrons. The van der Waals surface area contributed by atoms with Crippen LogP contribution in [0.1, 0.15) is 32.1 Å². The molecule has 1 fully saturated rings. The van der Waals surface area contributed by atoms with E-state index in [1.807, 2.05) is 0 Å². The second kappa shape index (κ2) is 7.50. The maximum atomic E-state index is 13.3. The lowest BCUT2D eigenvalue weighted by Gasteiger charge is -2.26. The van der Waals surface area contributed by atoms with E-state index in [1.165, 1.54) is 0 Å². The van der Waals surface area contributed by atoms with Gasteiger partial charge in [-0.2, -0.15) is 0 Å². The fourth-order valence-corrected chi connectivity index (χ4v) is 2.33. The van der Waals surface area contributed by atoms with Crippen LogP contribution in [0.3, 0.4) is 0 Å². The van der Waals surface area contributed by atoms with Crippen molar-refractivity contribution in [2.45, 2.75) is 44.2 Å². The summed E-state index contributed by atoms with van der Waals surface area (Å²) in [5, 5.41) is 2.83. The predicted octanol–water partition coefficient (Wildman–Crippen LogP) is 2.45. The molecule has 1 aliphatic rings. The number of hydrogen-bond acceptors (Lipinski definition) is 4. The van der Waals surface area contributed by atoms with Crippen molar-refractivity contribution in [1.82, 2.24) is 4.98 Å². The van der Waals surface area contributed by atoms with Crippen LogP contribution in [0.4, 0.5) is 14.6 Å². The molecular formula is C14H21F2N3O. The minimum Gasteiger partial charge on any atom is -0.378 e. The molecule has 1 aliphatic carbocycles. The Hall–Kier alpha value is -1.27. The van der Waals surface area contributed by atoms with Gasteiger partial charge in [0.2, 0.25) is 0 Å². The van der Waals surface area contributed by atoms with E-state index in [0.717, 1.165) is 44.4 Å². The molecule has 20 heavy (non-hydrogen) atoms. The molecule has 1 heterocycles. The van der Waals surface area contributed by atoms with Crippen LogP contribution in [0, 0.1) is 11.6 Å². The molecule has 1 saturated carbocycles. The summed E-state index contributed by atoms with van der Waals surface area (Å²) in [6.45, 7) is 1.16. The van der Waals surface area contributed by atoms with Crippen molar-refractivity contribution in [2.75, 3.05) is 18.5 Å². The second-order valence-corrected chi connectivity index (χ2v) is 5.17. The summed E-state index contributed by atoms with van der Waals surface area (Å²) in [5.41, 5.74) is 5.83. The molecule has 4 nitrogen and oxygen atoms in total. The summed E-state index contributed by atoms with van der Waals surface area (Å²) in [7, 11) is 0. The SMILES string of the molecule is NC1CCC(OCCCNc2ncc(F)cc2F)CC1. The standard InChI is InChI=1S/C14H21F2N3O/c15-10-8-13(16)14(19-9-10)18-6-1-7-20-12-4-2-11(17)3-5-12/h8-9,11-12H,1-7,17H2,(H,18,19). The Morgan fingerprint density at radius 3 is 2.75 bits per heavy atom. The first kappa shape index (κ1) is 15.1. The highest BCUT2D eigenvalue weighted by Crippen LogP contribution is 2.19. The van der Waals surface area contributed by atoms with Crippen molar-refractivity contribution < 1.29 is 13.5 Å². The van der Waals surface area contributed by atoms with Crippen LogP contribution < -0.4 is 11.1 Å². The van der Waals surface area contributed by atoms with Gasteiger partial charge in [0.15, 0.2) is 11.6 Å². The van der Waals surface area contributed by atoms with Crippen molar-refractivity contribution in [3.8, 4) is 0 Å². The molecular weight excluding hydrogens is 264 g/mol.